The number of nitrogens with zero attached hydrogens (tertiary/aromatic N) is 1. The molecule has 0 saturated carbocycles. The summed E-state index contributed by atoms with van der Waals surface area (Å²) in [7, 11) is 1.47. The van der Waals surface area contributed by atoms with Crippen LogP contribution in [0.2, 0.25) is 0 Å². The number of carbonyl (C=O) groups is 2. The summed E-state index contributed by atoms with van der Waals surface area (Å²) >= 11 is 0. The standard InChI is InChI=1S/C62H108NO8P/c1-6-8-10-12-14-16-17-18-19-20-21-22-23-24-25-26-27-28-29-30-31-32-33-34-35-36-37-38-39-40-41-42-43-44-45-47-49-51-53-55-62(65)71-60(59-70-72(66,67)69-57-56-63(3,4)5)58-68-61(64)54-52-50-48-46-15-13-11-9-7-2/h8,10,14,16,18-19,21-22,24-25,27-28,30-31,33-34,60H,6-7,9,11-13,15,17,20,23,26,29,32,35-59H2,1-5H3/p+1/b10-8-,16-14-,19-18-,22-21-,25-24-,28-27-,31-30-,34-33-. The zero-order valence-corrected chi connectivity index (χ0v) is 47.8. The molecule has 0 aromatic rings. The summed E-state index contributed by atoms with van der Waals surface area (Å²) in [5.41, 5.74) is 0. The van der Waals surface area contributed by atoms with E-state index < -0.39 is 26.5 Å². The molecule has 0 amide bonds. The van der Waals surface area contributed by atoms with Crippen LogP contribution in [-0.2, 0) is 32.7 Å². The molecule has 0 aliphatic heterocycles. The first-order chi connectivity index (χ1) is 35.0. The normalized spacial score (nSPS) is 14.0. The molecule has 10 heteroatoms. The molecule has 72 heavy (non-hydrogen) atoms. The van der Waals surface area contributed by atoms with E-state index in [1.807, 2.05) is 21.1 Å². The zero-order valence-electron chi connectivity index (χ0n) is 46.9. The third-order valence-electron chi connectivity index (χ3n) is 12.1. The first-order valence-electron chi connectivity index (χ1n) is 29.0. The molecule has 0 fully saturated rings. The highest BCUT2D eigenvalue weighted by Gasteiger charge is 2.27. The number of likely N-dealkylation sites (N-methyl/N-ethyl adjacent to an activating group) is 1. The van der Waals surface area contributed by atoms with Crippen LogP contribution in [0.25, 0.3) is 0 Å². The van der Waals surface area contributed by atoms with Gasteiger partial charge in [-0.25, -0.2) is 4.57 Å². The van der Waals surface area contributed by atoms with Crippen molar-refractivity contribution in [2.24, 2.45) is 0 Å². The monoisotopic (exact) mass is 1030 g/mol. The van der Waals surface area contributed by atoms with Crippen LogP contribution in [0, 0.1) is 0 Å². The van der Waals surface area contributed by atoms with Gasteiger partial charge in [0.1, 0.15) is 19.8 Å². The quantitative estimate of drug-likeness (QED) is 0.0211. The number of carbonyl (C=O) groups excluding carboxylic acids is 2. The van der Waals surface area contributed by atoms with Crippen LogP contribution in [-0.4, -0.2) is 74.9 Å². The van der Waals surface area contributed by atoms with E-state index in [1.54, 1.807) is 0 Å². The van der Waals surface area contributed by atoms with Crippen LogP contribution in [0.4, 0.5) is 0 Å². The minimum absolute atomic E-state index is 0.0300. The highest BCUT2D eigenvalue weighted by molar-refractivity contribution is 7.47. The molecule has 0 radical (unpaired) electrons. The molecule has 0 aliphatic rings. The number of unbranched alkanes of at least 4 members (excludes halogenated alkanes) is 22. The SMILES string of the molecule is CC/C=C\C/C=C\C/C=C\C/C=C\C/C=C\C/C=C\C/C=C\C/C=C\CCCCCCCCCCCCCCCCC(=O)OC(COC(=O)CCCCCCCCCCC)COP(=O)(O)OCC[N+](C)(C)C. The smallest absolute Gasteiger partial charge is 0.462 e. The van der Waals surface area contributed by atoms with Crippen LogP contribution in [0.3, 0.4) is 0 Å². The average molecular weight is 1030 g/mol. The Morgan fingerprint density at radius 1 is 0.444 bits per heavy atom. The van der Waals surface area contributed by atoms with E-state index in [1.165, 1.54) is 109 Å². The molecule has 0 rings (SSSR count). The van der Waals surface area contributed by atoms with Gasteiger partial charge < -0.3 is 18.9 Å². The molecule has 0 bridgehead atoms. The fourth-order valence-electron chi connectivity index (χ4n) is 7.68. The van der Waals surface area contributed by atoms with Crippen molar-refractivity contribution in [1.82, 2.24) is 0 Å². The van der Waals surface area contributed by atoms with Crippen molar-refractivity contribution in [3.63, 3.8) is 0 Å². The van der Waals surface area contributed by atoms with Gasteiger partial charge in [0, 0.05) is 12.8 Å². The number of quaternary nitrogens is 1. The summed E-state index contributed by atoms with van der Waals surface area (Å²) in [6.45, 7) is 4.29. The van der Waals surface area contributed by atoms with E-state index in [2.05, 4.69) is 111 Å². The van der Waals surface area contributed by atoms with E-state index in [0.29, 0.717) is 17.4 Å². The molecular weight excluding hydrogens is 918 g/mol. The van der Waals surface area contributed by atoms with E-state index in [0.717, 1.165) is 89.9 Å². The number of ether oxygens (including phenoxy) is 2. The maximum atomic E-state index is 12.8. The number of rotatable bonds is 52. The summed E-state index contributed by atoms with van der Waals surface area (Å²) in [5, 5.41) is 0. The summed E-state index contributed by atoms with van der Waals surface area (Å²) in [6.07, 6.45) is 72.2. The Hall–Kier alpha value is -3.07. The van der Waals surface area contributed by atoms with Crippen molar-refractivity contribution in [2.75, 3.05) is 47.5 Å². The molecule has 0 aromatic carbocycles. The molecular formula is C62H109NO8P+. The Kier molecular flexibility index (Phi) is 50.5. The predicted octanol–water partition coefficient (Wildman–Crippen LogP) is 18.0. The van der Waals surface area contributed by atoms with Crippen LogP contribution >= 0.6 is 7.82 Å². The van der Waals surface area contributed by atoms with E-state index in [-0.39, 0.29) is 32.0 Å². The number of hydrogen-bond acceptors (Lipinski definition) is 7. The molecule has 0 aromatic heterocycles. The molecule has 0 spiro atoms. The summed E-state index contributed by atoms with van der Waals surface area (Å²) in [6, 6.07) is 0. The lowest BCUT2D eigenvalue weighted by Gasteiger charge is -2.24. The minimum Gasteiger partial charge on any atom is -0.462 e. The minimum atomic E-state index is -4.38. The topological polar surface area (TPSA) is 108 Å². The molecule has 2 unspecified atom stereocenters. The number of hydrogen-bond donors (Lipinski definition) is 1. The molecule has 0 saturated heterocycles. The third kappa shape index (κ3) is 56.2. The predicted molar refractivity (Wildman–Crippen MR) is 307 cm³/mol. The average Bonchev–Trinajstić information content (AvgIpc) is 3.34. The van der Waals surface area contributed by atoms with E-state index in [9.17, 15) is 19.0 Å². The van der Waals surface area contributed by atoms with Crippen molar-refractivity contribution >= 4 is 19.8 Å². The van der Waals surface area contributed by atoms with Gasteiger partial charge in [0.2, 0.25) is 0 Å². The van der Waals surface area contributed by atoms with Gasteiger partial charge in [-0.2, -0.15) is 0 Å². The molecule has 0 heterocycles. The molecule has 0 aliphatic carbocycles. The highest BCUT2D eigenvalue weighted by atomic mass is 31.2. The van der Waals surface area contributed by atoms with Crippen LogP contribution in [0.5, 0.6) is 0 Å². The number of allylic oxidation sites excluding steroid dienone is 16. The fraction of sp³-hybridized carbons (Fsp3) is 0.710. The van der Waals surface area contributed by atoms with Crippen LogP contribution in [0.15, 0.2) is 97.2 Å². The number of phosphoric ester groups is 1. The molecule has 2 atom stereocenters. The van der Waals surface area contributed by atoms with Gasteiger partial charge in [-0.05, 0) is 77.0 Å². The maximum absolute atomic E-state index is 12.8. The van der Waals surface area contributed by atoms with Crippen molar-refractivity contribution in [3.05, 3.63) is 97.2 Å². The van der Waals surface area contributed by atoms with Gasteiger partial charge in [-0.15, -0.1) is 0 Å². The Morgan fingerprint density at radius 3 is 1.18 bits per heavy atom. The zero-order chi connectivity index (χ0) is 52.7. The lowest BCUT2D eigenvalue weighted by molar-refractivity contribution is -0.870. The second-order valence-electron chi connectivity index (χ2n) is 20.3. The van der Waals surface area contributed by atoms with Crippen LogP contribution < -0.4 is 0 Å². The van der Waals surface area contributed by atoms with Gasteiger partial charge >= 0.3 is 19.8 Å². The summed E-state index contributed by atoms with van der Waals surface area (Å²) in [4.78, 5) is 35.4. The second-order valence-corrected chi connectivity index (χ2v) is 21.8. The lowest BCUT2D eigenvalue weighted by atomic mass is 10.0. The molecule has 1 N–H and O–H groups in total. The Morgan fingerprint density at radius 2 is 0.792 bits per heavy atom. The van der Waals surface area contributed by atoms with E-state index >= 15 is 0 Å². The lowest BCUT2D eigenvalue weighted by Crippen LogP contribution is -2.37. The van der Waals surface area contributed by atoms with Crippen molar-refractivity contribution < 1.29 is 42.1 Å². The Labute approximate surface area is 443 Å². The van der Waals surface area contributed by atoms with E-state index in [4.69, 9.17) is 18.5 Å². The van der Waals surface area contributed by atoms with Gasteiger partial charge in [0.05, 0.1) is 27.7 Å². The molecule has 414 valence electrons. The number of esters is 2. The van der Waals surface area contributed by atoms with Gasteiger partial charge in [-0.3, -0.25) is 18.6 Å². The Bertz CT molecular complexity index is 1540. The largest absolute Gasteiger partial charge is 0.472 e. The fourth-order valence-corrected chi connectivity index (χ4v) is 8.42. The van der Waals surface area contributed by atoms with Gasteiger partial charge in [0.25, 0.3) is 0 Å². The second kappa shape index (κ2) is 52.8. The Balaban J connectivity index is 3.96. The van der Waals surface area contributed by atoms with Gasteiger partial charge in [-0.1, -0.05) is 239 Å². The maximum Gasteiger partial charge on any atom is 0.472 e. The highest BCUT2D eigenvalue weighted by Crippen LogP contribution is 2.43. The van der Waals surface area contributed by atoms with Gasteiger partial charge in [0.15, 0.2) is 6.10 Å². The van der Waals surface area contributed by atoms with Crippen molar-refractivity contribution in [2.45, 2.75) is 238 Å². The summed E-state index contributed by atoms with van der Waals surface area (Å²) in [5.74, 6) is -0.801. The van der Waals surface area contributed by atoms with Crippen LogP contribution in [0.1, 0.15) is 232 Å². The summed E-state index contributed by atoms with van der Waals surface area (Å²) < 4.78 is 34.4. The first-order valence-corrected chi connectivity index (χ1v) is 30.5. The third-order valence-corrected chi connectivity index (χ3v) is 13.1. The van der Waals surface area contributed by atoms with Crippen molar-refractivity contribution in [1.29, 1.82) is 0 Å². The molecule has 9 nitrogen and oxygen atoms in total. The first kappa shape index (κ1) is 68.9. The number of phosphoric acid groups is 1. The van der Waals surface area contributed by atoms with Crippen molar-refractivity contribution in [3.8, 4) is 0 Å².